The third-order valence-corrected chi connectivity index (χ3v) is 6.21. The Balaban J connectivity index is 1.85. The fourth-order valence-corrected chi connectivity index (χ4v) is 4.56. The molecule has 0 unspecified atom stereocenters. The molecule has 2 N–H and O–H groups in total. The molecule has 0 atom stereocenters. The van der Waals surface area contributed by atoms with Crippen molar-refractivity contribution in [1.82, 2.24) is 0 Å². The number of benzene rings is 4. The molecule has 9 heteroatoms. The van der Waals surface area contributed by atoms with Crippen molar-refractivity contribution in [3.63, 3.8) is 0 Å². The van der Waals surface area contributed by atoms with E-state index in [2.05, 4.69) is 0 Å². The van der Waals surface area contributed by atoms with Gasteiger partial charge in [-0.2, -0.15) is 0 Å². The first-order valence-corrected chi connectivity index (χ1v) is 12.4. The van der Waals surface area contributed by atoms with Crippen LogP contribution in [0, 0.1) is 0 Å². The Labute approximate surface area is 233 Å². The molecule has 0 spiro atoms. The molecule has 204 valence electrons. The highest BCUT2D eigenvalue weighted by Crippen LogP contribution is 2.46. The number of phenols is 2. The first kappa shape index (κ1) is 26.9. The van der Waals surface area contributed by atoms with Gasteiger partial charge in [0.25, 0.3) is 0 Å². The zero-order chi connectivity index (χ0) is 29.3. The van der Waals surface area contributed by atoms with E-state index >= 15 is 0 Å². The Hall–Kier alpha value is -5.70. The lowest BCUT2D eigenvalue weighted by Crippen LogP contribution is -2.20. The van der Waals surface area contributed by atoms with E-state index in [1.807, 2.05) is 0 Å². The van der Waals surface area contributed by atoms with Gasteiger partial charge in [0.15, 0.2) is 0 Å². The van der Waals surface area contributed by atoms with E-state index in [1.54, 1.807) is 24.3 Å². The van der Waals surface area contributed by atoms with E-state index < -0.39 is 23.7 Å². The van der Waals surface area contributed by atoms with Crippen LogP contribution in [-0.4, -0.2) is 33.9 Å². The van der Waals surface area contributed by atoms with Crippen LogP contribution < -0.4 is 9.47 Å². The summed E-state index contributed by atoms with van der Waals surface area (Å²) < 4.78 is 16.7. The van der Waals surface area contributed by atoms with Crippen molar-refractivity contribution in [2.24, 2.45) is 0 Å². The fraction of sp³-hybridized carbons (Fsp3) is 0.0625. The number of fused-ring (bicyclic) bond motifs is 2. The van der Waals surface area contributed by atoms with E-state index in [1.165, 1.54) is 74.5 Å². The third kappa shape index (κ3) is 5.28. The van der Waals surface area contributed by atoms with Crippen LogP contribution in [0.5, 0.6) is 23.0 Å². The highest BCUT2D eigenvalue weighted by Gasteiger charge is 2.36. The summed E-state index contributed by atoms with van der Waals surface area (Å²) in [5.74, 6) is -2.78. The first-order chi connectivity index (χ1) is 19.6. The largest absolute Gasteiger partial charge is 0.508 e. The van der Waals surface area contributed by atoms with Crippen molar-refractivity contribution in [2.75, 3.05) is 0 Å². The highest BCUT2D eigenvalue weighted by atomic mass is 16.5. The normalized spacial score (nSPS) is 11.7. The molecule has 0 fully saturated rings. The van der Waals surface area contributed by atoms with Crippen LogP contribution in [0.3, 0.4) is 0 Å². The Bertz CT molecular complexity index is 1680. The van der Waals surface area contributed by atoms with Gasteiger partial charge in [0.05, 0.1) is 16.7 Å². The molecule has 4 aromatic rings. The molecule has 5 rings (SSSR count). The molecule has 0 amide bonds. The summed E-state index contributed by atoms with van der Waals surface area (Å²) in [5.41, 5.74) is 1.37. The van der Waals surface area contributed by atoms with Gasteiger partial charge in [-0.1, -0.05) is 24.3 Å². The van der Waals surface area contributed by atoms with Gasteiger partial charge >= 0.3 is 17.9 Å². The summed E-state index contributed by atoms with van der Waals surface area (Å²) >= 11 is 0. The number of esters is 3. The minimum absolute atomic E-state index is 0.00163. The van der Waals surface area contributed by atoms with Gasteiger partial charge in [0.1, 0.15) is 28.8 Å². The first-order valence-electron chi connectivity index (χ1n) is 12.4. The standard InChI is InChI=1S/C32H22O9/c1-17(33)39-25-7-3-5-23-27(24-6-4-8-26(40-18(2)34)29(24)30(37)28(23)25)31(19-9-13-21(35)14-10-19)41-32(38)20-11-15-22(36)16-12-20/h3-16,35-36H,1-2H3. The molecule has 0 bridgehead atoms. The lowest BCUT2D eigenvalue weighted by molar-refractivity contribution is -0.132. The molecule has 4 aromatic carbocycles. The number of aromatic hydroxyl groups is 2. The van der Waals surface area contributed by atoms with Gasteiger partial charge in [-0.05, 0) is 60.7 Å². The Morgan fingerprint density at radius 1 is 0.610 bits per heavy atom. The predicted octanol–water partition coefficient (Wildman–Crippen LogP) is 5.27. The summed E-state index contributed by atoms with van der Waals surface area (Å²) in [5, 5.41) is 19.6. The number of ketones is 1. The van der Waals surface area contributed by atoms with Crippen LogP contribution in [-0.2, 0) is 14.3 Å². The van der Waals surface area contributed by atoms with Crippen LogP contribution in [0.25, 0.3) is 11.3 Å². The number of hydrogen-bond donors (Lipinski definition) is 2. The van der Waals surface area contributed by atoms with Crippen LogP contribution in [0.1, 0.15) is 56.8 Å². The zero-order valence-electron chi connectivity index (χ0n) is 21.8. The molecule has 0 saturated carbocycles. The van der Waals surface area contributed by atoms with Crippen molar-refractivity contribution in [2.45, 2.75) is 13.8 Å². The quantitative estimate of drug-likeness (QED) is 0.170. The summed E-state index contributed by atoms with van der Waals surface area (Å²) in [6.07, 6.45) is 0. The second kappa shape index (κ2) is 10.8. The minimum atomic E-state index is -0.771. The molecule has 9 nitrogen and oxygen atoms in total. The number of rotatable bonds is 5. The summed E-state index contributed by atoms with van der Waals surface area (Å²) in [7, 11) is 0. The summed E-state index contributed by atoms with van der Waals surface area (Å²) in [4.78, 5) is 51.2. The number of hydrogen-bond acceptors (Lipinski definition) is 9. The Morgan fingerprint density at radius 3 is 1.49 bits per heavy atom. The van der Waals surface area contributed by atoms with Crippen molar-refractivity contribution in [1.29, 1.82) is 0 Å². The van der Waals surface area contributed by atoms with Crippen LogP contribution >= 0.6 is 0 Å². The average Bonchev–Trinajstić information content (AvgIpc) is 2.92. The van der Waals surface area contributed by atoms with E-state index in [9.17, 15) is 29.4 Å². The van der Waals surface area contributed by atoms with Crippen molar-refractivity contribution in [3.05, 3.63) is 118 Å². The van der Waals surface area contributed by atoms with Gasteiger partial charge in [-0.15, -0.1) is 0 Å². The predicted molar refractivity (Wildman–Crippen MR) is 146 cm³/mol. The molecular formula is C32H22O9. The van der Waals surface area contributed by atoms with E-state index in [-0.39, 0.29) is 51.0 Å². The summed E-state index contributed by atoms with van der Waals surface area (Å²) in [6.45, 7) is 2.39. The van der Waals surface area contributed by atoms with E-state index in [0.29, 0.717) is 16.7 Å². The molecule has 0 radical (unpaired) electrons. The van der Waals surface area contributed by atoms with Gasteiger partial charge < -0.3 is 24.4 Å². The Morgan fingerprint density at radius 2 is 1.05 bits per heavy atom. The maximum Gasteiger partial charge on any atom is 0.343 e. The minimum Gasteiger partial charge on any atom is -0.508 e. The van der Waals surface area contributed by atoms with Crippen LogP contribution in [0.4, 0.5) is 0 Å². The molecule has 1 aliphatic carbocycles. The molecule has 0 aromatic heterocycles. The maximum absolute atomic E-state index is 14.0. The SMILES string of the molecule is CC(=O)Oc1cccc2c1C(=O)c1c(OC(C)=O)cccc1C2=C(OC(=O)c1ccc(O)cc1)c1ccc(O)cc1. The topological polar surface area (TPSA) is 136 Å². The van der Waals surface area contributed by atoms with E-state index in [4.69, 9.17) is 14.2 Å². The van der Waals surface area contributed by atoms with Crippen LogP contribution in [0.2, 0.25) is 0 Å². The monoisotopic (exact) mass is 550 g/mol. The fourth-order valence-electron chi connectivity index (χ4n) is 4.56. The van der Waals surface area contributed by atoms with Crippen molar-refractivity contribution in [3.8, 4) is 23.0 Å². The number of carbonyl (C=O) groups is 4. The molecule has 0 aliphatic heterocycles. The van der Waals surface area contributed by atoms with Gasteiger partial charge in [0, 0.05) is 36.1 Å². The summed E-state index contributed by atoms with van der Waals surface area (Å²) in [6, 6.07) is 20.6. The number of phenolic OH excluding ortho intramolecular Hbond substituents is 2. The van der Waals surface area contributed by atoms with Gasteiger partial charge in [-0.25, -0.2) is 4.79 Å². The molecular weight excluding hydrogens is 528 g/mol. The number of ether oxygens (including phenoxy) is 3. The van der Waals surface area contributed by atoms with Crippen molar-refractivity contribution >= 4 is 35.0 Å². The second-order valence-corrected chi connectivity index (χ2v) is 9.06. The van der Waals surface area contributed by atoms with Crippen molar-refractivity contribution < 1.29 is 43.6 Å². The molecule has 0 saturated heterocycles. The molecule has 1 aliphatic rings. The zero-order valence-corrected chi connectivity index (χ0v) is 21.8. The van der Waals surface area contributed by atoms with E-state index in [0.717, 1.165) is 0 Å². The lowest BCUT2D eigenvalue weighted by atomic mass is 9.79. The van der Waals surface area contributed by atoms with Gasteiger partial charge in [-0.3, -0.25) is 14.4 Å². The highest BCUT2D eigenvalue weighted by molar-refractivity contribution is 6.24. The molecule has 0 heterocycles. The third-order valence-electron chi connectivity index (χ3n) is 6.21. The molecule has 41 heavy (non-hydrogen) atoms. The maximum atomic E-state index is 14.0. The smallest absolute Gasteiger partial charge is 0.343 e. The average molecular weight is 551 g/mol. The van der Waals surface area contributed by atoms with Gasteiger partial charge in [0.2, 0.25) is 5.78 Å². The second-order valence-electron chi connectivity index (χ2n) is 9.06. The lowest BCUT2D eigenvalue weighted by Gasteiger charge is -2.26. The van der Waals surface area contributed by atoms with Crippen LogP contribution in [0.15, 0.2) is 84.9 Å². The Kier molecular flexibility index (Phi) is 7.09. The number of carbonyl (C=O) groups excluding carboxylic acids is 4.